The first-order valence-corrected chi connectivity index (χ1v) is 7.67. The maximum Gasteiger partial charge on any atom is 0.246 e. The lowest BCUT2D eigenvalue weighted by atomic mass is 9.87. The van der Waals surface area contributed by atoms with Crippen molar-refractivity contribution in [3.63, 3.8) is 0 Å². The van der Waals surface area contributed by atoms with Crippen LogP contribution in [0.15, 0.2) is 0 Å². The van der Waals surface area contributed by atoms with E-state index in [1.54, 1.807) is 7.11 Å². The molecule has 0 aromatic carbocycles. The Morgan fingerprint density at radius 1 is 1.35 bits per heavy atom. The van der Waals surface area contributed by atoms with Gasteiger partial charge in [0, 0.05) is 20.3 Å². The number of ether oxygens (including phenoxy) is 1. The smallest absolute Gasteiger partial charge is 0.246 e. The predicted octanol–water partition coefficient (Wildman–Crippen LogP) is 1.32. The van der Waals surface area contributed by atoms with Gasteiger partial charge in [-0.15, -0.1) is 0 Å². The molecule has 5 nitrogen and oxygen atoms in total. The summed E-state index contributed by atoms with van der Waals surface area (Å²) in [5.74, 6) is 0.434. The average molecular weight is 282 g/mol. The van der Waals surface area contributed by atoms with Crippen molar-refractivity contribution in [3.8, 4) is 0 Å². The van der Waals surface area contributed by atoms with E-state index in [1.165, 1.54) is 0 Å². The Morgan fingerprint density at radius 2 is 2.05 bits per heavy atom. The van der Waals surface area contributed by atoms with Crippen LogP contribution in [0.1, 0.15) is 46.0 Å². The van der Waals surface area contributed by atoms with Crippen molar-refractivity contribution in [1.82, 2.24) is 10.2 Å². The van der Waals surface area contributed by atoms with Gasteiger partial charge in [0.1, 0.15) is 11.6 Å². The Labute approximate surface area is 121 Å². The third-order valence-corrected chi connectivity index (χ3v) is 4.65. The minimum Gasteiger partial charge on any atom is -0.385 e. The van der Waals surface area contributed by atoms with Crippen LogP contribution in [0.3, 0.4) is 0 Å². The zero-order valence-corrected chi connectivity index (χ0v) is 12.8. The first-order valence-electron chi connectivity index (χ1n) is 7.67. The van der Waals surface area contributed by atoms with Gasteiger partial charge in [-0.05, 0) is 44.9 Å². The molecule has 1 aliphatic carbocycles. The molecule has 1 saturated carbocycles. The van der Waals surface area contributed by atoms with E-state index in [0.29, 0.717) is 25.5 Å². The van der Waals surface area contributed by atoms with Gasteiger partial charge in [-0.1, -0.05) is 6.92 Å². The molecule has 1 aliphatic heterocycles. The first kappa shape index (κ1) is 15.3. The number of amides is 2. The van der Waals surface area contributed by atoms with Crippen molar-refractivity contribution >= 4 is 11.8 Å². The van der Waals surface area contributed by atoms with E-state index >= 15 is 0 Å². The predicted molar refractivity (Wildman–Crippen MR) is 76.2 cm³/mol. The molecule has 0 aromatic rings. The molecule has 5 heteroatoms. The highest BCUT2D eigenvalue weighted by Crippen LogP contribution is 2.45. The zero-order chi connectivity index (χ0) is 14.8. The summed E-state index contributed by atoms with van der Waals surface area (Å²) < 4.78 is 5.05. The van der Waals surface area contributed by atoms with Crippen LogP contribution >= 0.6 is 0 Å². The molecule has 2 unspecified atom stereocenters. The fraction of sp³-hybridized carbons (Fsp3) is 0.867. The van der Waals surface area contributed by atoms with Crippen LogP contribution in [0.5, 0.6) is 0 Å². The van der Waals surface area contributed by atoms with Crippen LogP contribution in [0.2, 0.25) is 0 Å². The molecule has 20 heavy (non-hydrogen) atoms. The number of piperazine rings is 1. The Bertz CT molecular complexity index is 381. The lowest BCUT2D eigenvalue weighted by Gasteiger charge is -2.46. The molecule has 0 aromatic heterocycles. The van der Waals surface area contributed by atoms with Crippen molar-refractivity contribution in [2.45, 2.75) is 57.5 Å². The first-order chi connectivity index (χ1) is 9.55. The van der Waals surface area contributed by atoms with Crippen molar-refractivity contribution in [2.75, 3.05) is 20.3 Å². The summed E-state index contributed by atoms with van der Waals surface area (Å²) in [6.07, 6.45) is 4.54. The molecule has 0 bridgehead atoms. The van der Waals surface area contributed by atoms with Crippen molar-refractivity contribution in [1.29, 1.82) is 0 Å². The van der Waals surface area contributed by atoms with Crippen LogP contribution in [0, 0.1) is 5.92 Å². The lowest BCUT2D eigenvalue weighted by Crippen LogP contribution is -2.70. The number of carbonyl (C=O) groups is 2. The topological polar surface area (TPSA) is 58.6 Å². The van der Waals surface area contributed by atoms with E-state index in [2.05, 4.69) is 5.32 Å². The summed E-state index contributed by atoms with van der Waals surface area (Å²) in [6, 6.07) is -0.350. The van der Waals surface area contributed by atoms with E-state index < -0.39 is 5.54 Å². The number of methoxy groups -OCH3 is 1. The largest absolute Gasteiger partial charge is 0.385 e. The highest BCUT2D eigenvalue weighted by Gasteiger charge is 2.56. The maximum absolute atomic E-state index is 12.6. The normalized spacial score (nSPS) is 30.6. The second-order valence-corrected chi connectivity index (χ2v) is 6.05. The third kappa shape index (κ3) is 2.68. The van der Waals surface area contributed by atoms with Crippen molar-refractivity contribution in [3.05, 3.63) is 0 Å². The van der Waals surface area contributed by atoms with Gasteiger partial charge < -0.3 is 15.0 Å². The molecule has 114 valence electrons. The maximum atomic E-state index is 12.6. The fourth-order valence-electron chi connectivity index (χ4n) is 3.09. The third-order valence-electron chi connectivity index (χ3n) is 4.65. The van der Waals surface area contributed by atoms with E-state index in [1.807, 2.05) is 18.7 Å². The number of nitrogens with one attached hydrogen (secondary N) is 1. The highest BCUT2D eigenvalue weighted by molar-refractivity contribution is 6.00. The van der Waals surface area contributed by atoms with Crippen LogP contribution in [0.4, 0.5) is 0 Å². The molecule has 2 rings (SSSR count). The van der Waals surface area contributed by atoms with E-state index in [0.717, 1.165) is 25.7 Å². The molecular formula is C15H26N2O3. The van der Waals surface area contributed by atoms with E-state index in [-0.39, 0.29) is 17.9 Å². The van der Waals surface area contributed by atoms with Crippen LogP contribution < -0.4 is 5.32 Å². The Morgan fingerprint density at radius 3 is 2.60 bits per heavy atom. The standard InChI is InChI=1S/C15H26N2O3/c1-4-12-13(18)17(9-5-6-10-20-3)15(2,11-7-8-11)14(19)16-12/h11-12H,4-10H2,1-3H3,(H,16,19). The highest BCUT2D eigenvalue weighted by atomic mass is 16.5. The molecule has 2 aliphatic rings. The van der Waals surface area contributed by atoms with E-state index in [9.17, 15) is 9.59 Å². The molecule has 0 radical (unpaired) electrons. The summed E-state index contributed by atoms with van der Waals surface area (Å²) in [5, 5.41) is 2.90. The summed E-state index contributed by atoms with van der Waals surface area (Å²) in [6.45, 7) is 5.22. The van der Waals surface area contributed by atoms with Gasteiger partial charge in [-0.25, -0.2) is 0 Å². The number of nitrogens with zero attached hydrogens (tertiary/aromatic N) is 1. The molecule has 1 saturated heterocycles. The molecule has 1 heterocycles. The van der Waals surface area contributed by atoms with Gasteiger partial charge in [-0.2, -0.15) is 0 Å². The monoisotopic (exact) mass is 282 g/mol. The Hall–Kier alpha value is -1.10. The quantitative estimate of drug-likeness (QED) is 0.716. The number of rotatable bonds is 7. The lowest BCUT2D eigenvalue weighted by molar-refractivity contribution is -0.158. The zero-order valence-electron chi connectivity index (χ0n) is 12.8. The number of hydrogen-bond acceptors (Lipinski definition) is 3. The molecular weight excluding hydrogens is 256 g/mol. The van der Waals surface area contributed by atoms with Gasteiger partial charge in [0.25, 0.3) is 0 Å². The molecule has 2 atom stereocenters. The minimum atomic E-state index is -0.643. The number of unbranched alkanes of at least 4 members (excludes halogenated alkanes) is 1. The van der Waals surface area contributed by atoms with Gasteiger partial charge in [-0.3, -0.25) is 9.59 Å². The minimum absolute atomic E-state index is 0.0261. The average Bonchev–Trinajstić information content (AvgIpc) is 3.26. The van der Waals surface area contributed by atoms with Gasteiger partial charge >= 0.3 is 0 Å². The van der Waals surface area contributed by atoms with Crippen molar-refractivity contribution < 1.29 is 14.3 Å². The summed E-state index contributed by atoms with van der Waals surface area (Å²) >= 11 is 0. The second-order valence-electron chi connectivity index (χ2n) is 6.05. The molecule has 1 N–H and O–H groups in total. The van der Waals surface area contributed by atoms with Gasteiger partial charge in [0.2, 0.25) is 11.8 Å². The number of carbonyl (C=O) groups excluding carboxylic acids is 2. The van der Waals surface area contributed by atoms with Gasteiger partial charge in [0.15, 0.2) is 0 Å². The molecule has 0 spiro atoms. The second kappa shape index (κ2) is 6.12. The number of hydrogen-bond donors (Lipinski definition) is 1. The fourth-order valence-corrected chi connectivity index (χ4v) is 3.09. The molecule has 2 fully saturated rings. The molecule has 2 amide bonds. The summed E-state index contributed by atoms with van der Waals surface area (Å²) in [4.78, 5) is 26.9. The Balaban J connectivity index is 2.11. The summed E-state index contributed by atoms with van der Waals surface area (Å²) in [5.41, 5.74) is -0.643. The van der Waals surface area contributed by atoms with Crippen molar-refractivity contribution in [2.24, 2.45) is 5.92 Å². The SMILES string of the molecule is CCC1NC(=O)C(C)(C2CC2)N(CCCCOC)C1=O. The van der Waals surface area contributed by atoms with Crippen LogP contribution in [-0.2, 0) is 14.3 Å². The van der Waals surface area contributed by atoms with Crippen LogP contribution in [0.25, 0.3) is 0 Å². The van der Waals surface area contributed by atoms with Gasteiger partial charge in [0.05, 0.1) is 0 Å². The van der Waals surface area contributed by atoms with E-state index in [4.69, 9.17) is 4.74 Å². The van der Waals surface area contributed by atoms with Crippen LogP contribution in [-0.4, -0.2) is 48.6 Å². The Kier molecular flexibility index (Phi) is 4.68. The summed E-state index contributed by atoms with van der Waals surface area (Å²) in [7, 11) is 1.68.